The number of hydrogen-bond acceptors (Lipinski definition) is 7. The quantitative estimate of drug-likeness (QED) is 0.845. The summed E-state index contributed by atoms with van der Waals surface area (Å²) < 4.78 is 11.0. The lowest BCUT2D eigenvalue weighted by Gasteiger charge is -2.33. The van der Waals surface area contributed by atoms with Gasteiger partial charge in [0.2, 0.25) is 0 Å². The van der Waals surface area contributed by atoms with Crippen molar-refractivity contribution in [2.75, 3.05) is 25.1 Å². The van der Waals surface area contributed by atoms with Crippen molar-refractivity contribution in [2.24, 2.45) is 0 Å². The van der Waals surface area contributed by atoms with Crippen molar-refractivity contribution < 1.29 is 9.47 Å². The summed E-state index contributed by atoms with van der Waals surface area (Å²) in [6, 6.07) is 2.34. The van der Waals surface area contributed by atoms with Gasteiger partial charge in [-0.05, 0) is 18.9 Å². The molecule has 0 N–H and O–H groups in total. The van der Waals surface area contributed by atoms with Crippen LogP contribution in [0.25, 0.3) is 0 Å². The highest BCUT2D eigenvalue weighted by atomic mass is 16.5. The monoisotopic (exact) mass is 343 g/mol. The number of anilines is 1. The van der Waals surface area contributed by atoms with E-state index in [1.54, 1.807) is 19.5 Å². The smallest absolute Gasteiger partial charge is 0.316 e. The standard InChI is InChI=1S/C18H25N5O2/c1-18(2,3)16-19-8-7-15(22-16)23-9-5-6-13(12-23)25-17-20-10-14(24-4)11-21-17/h7-8,10-11,13H,5-6,9,12H2,1-4H3. The first-order valence-electron chi connectivity index (χ1n) is 8.57. The lowest BCUT2D eigenvalue weighted by molar-refractivity contribution is 0.163. The van der Waals surface area contributed by atoms with E-state index in [0.717, 1.165) is 37.6 Å². The largest absolute Gasteiger partial charge is 0.494 e. The predicted octanol–water partition coefficient (Wildman–Crippen LogP) is 2.62. The summed E-state index contributed by atoms with van der Waals surface area (Å²) in [6.07, 6.45) is 7.11. The minimum atomic E-state index is -0.0708. The molecule has 0 saturated carbocycles. The van der Waals surface area contributed by atoms with E-state index in [-0.39, 0.29) is 11.5 Å². The van der Waals surface area contributed by atoms with E-state index in [2.05, 4.69) is 40.6 Å². The van der Waals surface area contributed by atoms with E-state index in [9.17, 15) is 0 Å². The van der Waals surface area contributed by atoms with Gasteiger partial charge in [-0.1, -0.05) is 20.8 Å². The Morgan fingerprint density at radius 3 is 2.60 bits per heavy atom. The molecule has 3 rings (SSSR count). The van der Waals surface area contributed by atoms with Crippen molar-refractivity contribution in [3.63, 3.8) is 0 Å². The number of rotatable bonds is 4. The second-order valence-corrected chi connectivity index (χ2v) is 7.22. The summed E-state index contributed by atoms with van der Waals surface area (Å²) in [5.74, 6) is 2.42. The van der Waals surface area contributed by atoms with Crippen LogP contribution < -0.4 is 14.4 Å². The topological polar surface area (TPSA) is 73.3 Å². The predicted molar refractivity (Wildman–Crippen MR) is 95.2 cm³/mol. The van der Waals surface area contributed by atoms with Gasteiger partial charge >= 0.3 is 6.01 Å². The molecule has 1 fully saturated rings. The number of aromatic nitrogens is 4. The molecule has 25 heavy (non-hydrogen) atoms. The maximum atomic E-state index is 5.94. The van der Waals surface area contributed by atoms with Crippen LogP contribution in [0.4, 0.5) is 5.82 Å². The maximum absolute atomic E-state index is 5.94. The molecule has 1 aliphatic heterocycles. The van der Waals surface area contributed by atoms with Gasteiger partial charge < -0.3 is 14.4 Å². The highest BCUT2D eigenvalue weighted by Gasteiger charge is 2.25. The molecule has 0 radical (unpaired) electrons. The molecule has 7 nitrogen and oxygen atoms in total. The first kappa shape index (κ1) is 17.4. The molecule has 2 aromatic heterocycles. The fourth-order valence-electron chi connectivity index (χ4n) is 2.75. The molecule has 0 aromatic carbocycles. The van der Waals surface area contributed by atoms with Gasteiger partial charge in [0, 0.05) is 18.2 Å². The molecular formula is C18H25N5O2. The summed E-state index contributed by atoms with van der Waals surface area (Å²) in [5.41, 5.74) is -0.0708. The summed E-state index contributed by atoms with van der Waals surface area (Å²) in [5, 5.41) is 0. The van der Waals surface area contributed by atoms with Crippen LogP contribution >= 0.6 is 0 Å². The molecule has 3 heterocycles. The zero-order valence-corrected chi connectivity index (χ0v) is 15.3. The average molecular weight is 343 g/mol. The Bertz CT molecular complexity index is 699. The van der Waals surface area contributed by atoms with Gasteiger partial charge in [-0.15, -0.1) is 0 Å². The Balaban J connectivity index is 1.68. The van der Waals surface area contributed by atoms with E-state index in [1.807, 2.05) is 12.3 Å². The SMILES string of the molecule is COc1cnc(OC2CCCN(c3ccnc(C(C)(C)C)n3)C2)nc1. The number of methoxy groups -OCH3 is 1. The number of hydrogen-bond donors (Lipinski definition) is 0. The van der Waals surface area contributed by atoms with Crippen LogP contribution in [0.15, 0.2) is 24.7 Å². The number of piperidine rings is 1. The lowest BCUT2D eigenvalue weighted by Crippen LogP contribution is -2.42. The van der Waals surface area contributed by atoms with Crippen LogP contribution in [0.3, 0.4) is 0 Å². The molecule has 1 aliphatic rings. The van der Waals surface area contributed by atoms with Crippen molar-refractivity contribution in [2.45, 2.75) is 45.1 Å². The minimum absolute atomic E-state index is 0.0372. The van der Waals surface area contributed by atoms with Gasteiger partial charge in [0.15, 0.2) is 5.75 Å². The fraction of sp³-hybridized carbons (Fsp3) is 0.556. The Labute approximate surface area is 148 Å². The zero-order valence-electron chi connectivity index (χ0n) is 15.3. The van der Waals surface area contributed by atoms with Crippen molar-refractivity contribution in [3.8, 4) is 11.8 Å². The molecule has 0 aliphatic carbocycles. The van der Waals surface area contributed by atoms with Gasteiger partial charge in [0.1, 0.15) is 17.7 Å². The molecule has 7 heteroatoms. The van der Waals surface area contributed by atoms with Gasteiger partial charge in [0.25, 0.3) is 0 Å². The van der Waals surface area contributed by atoms with Crippen LogP contribution in [-0.2, 0) is 5.41 Å². The number of ether oxygens (including phenoxy) is 2. The van der Waals surface area contributed by atoms with Crippen molar-refractivity contribution >= 4 is 5.82 Å². The molecule has 134 valence electrons. The van der Waals surface area contributed by atoms with Crippen LogP contribution in [0.5, 0.6) is 11.8 Å². The third kappa shape index (κ3) is 4.35. The van der Waals surface area contributed by atoms with Crippen LogP contribution in [-0.4, -0.2) is 46.2 Å². The van der Waals surface area contributed by atoms with Gasteiger partial charge in [-0.3, -0.25) is 0 Å². The maximum Gasteiger partial charge on any atom is 0.316 e. The van der Waals surface area contributed by atoms with E-state index in [4.69, 9.17) is 14.5 Å². The fourth-order valence-corrected chi connectivity index (χ4v) is 2.75. The zero-order chi connectivity index (χ0) is 17.9. The van der Waals surface area contributed by atoms with E-state index < -0.39 is 0 Å². The Morgan fingerprint density at radius 1 is 1.16 bits per heavy atom. The van der Waals surface area contributed by atoms with Crippen LogP contribution in [0.1, 0.15) is 39.4 Å². The Morgan fingerprint density at radius 2 is 1.92 bits per heavy atom. The molecule has 1 unspecified atom stereocenters. The summed E-state index contributed by atoms with van der Waals surface area (Å²) in [6.45, 7) is 8.08. The van der Waals surface area contributed by atoms with Gasteiger partial charge in [0.05, 0.1) is 26.0 Å². The Hall–Kier alpha value is -2.44. The third-order valence-electron chi connectivity index (χ3n) is 4.13. The highest BCUT2D eigenvalue weighted by Crippen LogP contribution is 2.24. The molecule has 0 amide bonds. The van der Waals surface area contributed by atoms with Crippen molar-refractivity contribution in [1.82, 2.24) is 19.9 Å². The molecule has 0 spiro atoms. The van der Waals surface area contributed by atoms with Crippen molar-refractivity contribution in [1.29, 1.82) is 0 Å². The Kier molecular flexibility index (Phi) is 5.01. The van der Waals surface area contributed by atoms with Gasteiger partial charge in [-0.25, -0.2) is 9.97 Å². The van der Waals surface area contributed by atoms with E-state index in [1.165, 1.54) is 0 Å². The van der Waals surface area contributed by atoms with Crippen LogP contribution in [0, 0.1) is 0 Å². The minimum Gasteiger partial charge on any atom is -0.494 e. The third-order valence-corrected chi connectivity index (χ3v) is 4.13. The van der Waals surface area contributed by atoms with E-state index in [0.29, 0.717) is 11.8 Å². The average Bonchev–Trinajstić information content (AvgIpc) is 2.62. The summed E-state index contributed by atoms with van der Waals surface area (Å²) in [7, 11) is 1.59. The first-order chi connectivity index (χ1) is 12.0. The molecule has 0 bridgehead atoms. The summed E-state index contributed by atoms with van der Waals surface area (Å²) in [4.78, 5) is 19.8. The molecule has 2 aromatic rings. The second-order valence-electron chi connectivity index (χ2n) is 7.22. The second kappa shape index (κ2) is 7.21. The van der Waals surface area contributed by atoms with Crippen molar-refractivity contribution in [3.05, 3.63) is 30.5 Å². The van der Waals surface area contributed by atoms with Gasteiger partial charge in [-0.2, -0.15) is 9.97 Å². The number of nitrogens with zero attached hydrogens (tertiary/aromatic N) is 5. The normalized spacial score (nSPS) is 18.1. The summed E-state index contributed by atoms with van der Waals surface area (Å²) >= 11 is 0. The highest BCUT2D eigenvalue weighted by molar-refractivity contribution is 5.39. The molecule has 1 atom stereocenters. The molecular weight excluding hydrogens is 318 g/mol. The first-order valence-corrected chi connectivity index (χ1v) is 8.57. The molecule has 1 saturated heterocycles. The van der Waals surface area contributed by atoms with E-state index >= 15 is 0 Å². The lowest BCUT2D eigenvalue weighted by atomic mass is 9.96. The van der Waals surface area contributed by atoms with Crippen LogP contribution in [0.2, 0.25) is 0 Å².